The Kier molecular flexibility index (Phi) is 4.06. The third kappa shape index (κ3) is 3.24. The van der Waals surface area contributed by atoms with E-state index in [0.717, 1.165) is 0 Å². The maximum Gasteiger partial charge on any atom is 0.337 e. The smallest absolute Gasteiger partial charge is 0.337 e. The van der Waals surface area contributed by atoms with Crippen LogP contribution in [0.2, 0.25) is 0 Å². The standard InChI is InChI=1S/C12H13BrN2O4/c13-7-1-2-10(9(5-7)11(17)18)14-12(19)15-4-3-8(16)6-15/h1-2,5,8,16H,3-4,6H2,(H,14,19)(H,17,18). The fraction of sp³-hybridized carbons (Fsp3) is 0.333. The normalized spacial score (nSPS) is 18.4. The first-order valence-electron chi connectivity index (χ1n) is 5.74. The quantitative estimate of drug-likeness (QED) is 0.771. The monoisotopic (exact) mass is 328 g/mol. The number of hydrogen-bond donors (Lipinski definition) is 3. The molecule has 1 aliphatic rings. The Labute approximate surface area is 118 Å². The Morgan fingerprint density at radius 2 is 2.16 bits per heavy atom. The zero-order valence-corrected chi connectivity index (χ0v) is 11.6. The fourth-order valence-electron chi connectivity index (χ4n) is 1.92. The molecule has 1 aromatic rings. The van der Waals surface area contributed by atoms with Gasteiger partial charge in [-0.05, 0) is 24.6 Å². The Balaban J connectivity index is 2.14. The molecule has 0 spiro atoms. The highest BCUT2D eigenvalue weighted by Gasteiger charge is 2.25. The largest absolute Gasteiger partial charge is 0.478 e. The van der Waals surface area contributed by atoms with E-state index >= 15 is 0 Å². The first kappa shape index (κ1) is 13.8. The van der Waals surface area contributed by atoms with Crippen LogP contribution in [0.4, 0.5) is 10.5 Å². The predicted octanol–water partition coefficient (Wildman–Crippen LogP) is 1.75. The summed E-state index contributed by atoms with van der Waals surface area (Å²) in [7, 11) is 0. The van der Waals surface area contributed by atoms with Crippen molar-refractivity contribution in [1.82, 2.24) is 4.90 Å². The highest BCUT2D eigenvalue weighted by molar-refractivity contribution is 9.10. The van der Waals surface area contributed by atoms with Crippen LogP contribution in [0, 0.1) is 0 Å². The van der Waals surface area contributed by atoms with Crippen molar-refractivity contribution in [1.29, 1.82) is 0 Å². The highest BCUT2D eigenvalue weighted by atomic mass is 79.9. The zero-order valence-electron chi connectivity index (χ0n) is 9.97. The molecule has 2 amide bonds. The summed E-state index contributed by atoms with van der Waals surface area (Å²) in [6.45, 7) is 0.733. The first-order valence-corrected chi connectivity index (χ1v) is 6.53. The van der Waals surface area contributed by atoms with Crippen molar-refractivity contribution in [3.05, 3.63) is 28.2 Å². The molecule has 1 atom stereocenters. The predicted molar refractivity (Wildman–Crippen MR) is 72.3 cm³/mol. The molecule has 102 valence electrons. The van der Waals surface area contributed by atoms with Gasteiger partial charge in [-0.15, -0.1) is 0 Å². The molecule has 1 heterocycles. The summed E-state index contributed by atoms with van der Waals surface area (Å²) < 4.78 is 0.625. The van der Waals surface area contributed by atoms with E-state index < -0.39 is 18.1 Å². The minimum absolute atomic E-state index is 0.0162. The van der Waals surface area contributed by atoms with E-state index in [1.807, 2.05) is 0 Å². The Bertz CT molecular complexity index is 520. The van der Waals surface area contributed by atoms with Gasteiger partial charge in [0.15, 0.2) is 0 Å². The van der Waals surface area contributed by atoms with Gasteiger partial charge in [-0.1, -0.05) is 15.9 Å². The average molecular weight is 329 g/mol. The number of rotatable bonds is 2. The number of likely N-dealkylation sites (tertiary alicyclic amines) is 1. The van der Waals surface area contributed by atoms with Crippen LogP contribution in [0.3, 0.4) is 0 Å². The molecule has 1 aliphatic heterocycles. The number of nitrogens with one attached hydrogen (secondary N) is 1. The number of halogens is 1. The van der Waals surface area contributed by atoms with Crippen LogP contribution in [-0.4, -0.2) is 46.3 Å². The molecule has 0 aromatic heterocycles. The molecule has 0 bridgehead atoms. The van der Waals surface area contributed by atoms with Gasteiger partial charge in [0, 0.05) is 17.6 Å². The van der Waals surface area contributed by atoms with Crippen molar-refractivity contribution < 1.29 is 19.8 Å². The maximum atomic E-state index is 11.9. The summed E-state index contributed by atoms with van der Waals surface area (Å²) in [6, 6.07) is 4.21. The van der Waals surface area contributed by atoms with Gasteiger partial charge >= 0.3 is 12.0 Å². The van der Waals surface area contributed by atoms with Gasteiger partial charge in [-0.2, -0.15) is 0 Å². The number of hydrogen-bond acceptors (Lipinski definition) is 3. The number of β-amino-alcohol motifs (C(OH)–C–C–N with tert-alkyl or cyclic N) is 1. The van der Waals surface area contributed by atoms with Gasteiger partial charge in [0.1, 0.15) is 0 Å². The van der Waals surface area contributed by atoms with Crippen molar-refractivity contribution in [2.75, 3.05) is 18.4 Å². The number of anilines is 1. The van der Waals surface area contributed by atoms with Gasteiger partial charge in [0.25, 0.3) is 0 Å². The maximum absolute atomic E-state index is 11.9. The van der Waals surface area contributed by atoms with Crippen molar-refractivity contribution >= 4 is 33.6 Å². The molecule has 1 unspecified atom stereocenters. The lowest BCUT2D eigenvalue weighted by Crippen LogP contribution is -2.34. The molecular formula is C12H13BrN2O4. The lowest BCUT2D eigenvalue weighted by Gasteiger charge is -2.17. The van der Waals surface area contributed by atoms with E-state index in [1.54, 1.807) is 6.07 Å². The Hall–Kier alpha value is -1.60. The van der Waals surface area contributed by atoms with Crippen molar-refractivity contribution in [2.24, 2.45) is 0 Å². The molecule has 0 radical (unpaired) electrons. The van der Waals surface area contributed by atoms with Crippen LogP contribution in [0.15, 0.2) is 22.7 Å². The third-order valence-electron chi connectivity index (χ3n) is 2.90. The van der Waals surface area contributed by atoms with Crippen molar-refractivity contribution in [3.8, 4) is 0 Å². The summed E-state index contributed by atoms with van der Waals surface area (Å²) in [5.41, 5.74) is 0.254. The molecule has 3 N–H and O–H groups in total. The number of nitrogens with zero attached hydrogens (tertiary/aromatic N) is 1. The number of carboxylic acid groups (broad SMARTS) is 1. The molecule has 19 heavy (non-hydrogen) atoms. The number of carbonyl (C=O) groups excluding carboxylic acids is 1. The number of aromatic carboxylic acids is 1. The zero-order chi connectivity index (χ0) is 14.0. The first-order chi connectivity index (χ1) is 8.97. The molecular weight excluding hydrogens is 316 g/mol. The Morgan fingerprint density at radius 3 is 2.74 bits per heavy atom. The summed E-state index contributed by atoms with van der Waals surface area (Å²) >= 11 is 3.19. The second-order valence-electron chi connectivity index (χ2n) is 4.31. The third-order valence-corrected chi connectivity index (χ3v) is 3.40. The molecule has 6 nitrogen and oxygen atoms in total. The van der Waals surface area contributed by atoms with E-state index in [1.165, 1.54) is 17.0 Å². The van der Waals surface area contributed by atoms with Crippen LogP contribution >= 0.6 is 15.9 Å². The van der Waals surface area contributed by atoms with E-state index in [0.29, 0.717) is 17.4 Å². The van der Waals surface area contributed by atoms with Crippen LogP contribution in [0.1, 0.15) is 16.8 Å². The number of carboxylic acids is 1. The van der Waals surface area contributed by atoms with Gasteiger partial charge in [0.2, 0.25) is 0 Å². The molecule has 0 saturated carbocycles. The Morgan fingerprint density at radius 1 is 1.42 bits per heavy atom. The molecule has 0 aliphatic carbocycles. The van der Waals surface area contributed by atoms with Crippen LogP contribution in [-0.2, 0) is 0 Å². The van der Waals surface area contributed by atoms with E-state index in [-0.39, 0.29) is 17.8 Å². The average Bonchev–Trinajstić information content (AvgIpc) is 2.78. The van der Waals surface area contributed by atoms with Gasteiger partial charge < -0.3 is 20.4 Å². The van der Waals surface area contributed by atoms with Crippen LogP contribution < -0.4 is 5.32 Å². The minimum atomic E-state index is -1.11. The SMILES string of the molecule is O=C(O)c1cc(Br)ccc1NC(=O)N1CCC(O)C1. The fourth-order valence-corrected chi connectivity index (χ4v) is 2.28. The minimum Gasteiger partial charge on any atom is -0.478 e. The van der Waals surface area contributed by atoms with Crippen molar-refractivity contribution in [3.63, 3.8) is 0 Å². The number of benzene rings is 1. The number of aliphatic hydroxyl groups is 1. The highest BCUT2D eigenvalue weighted by Crippen LogP contribution is 2.22. The van der Waals surface area contributed by atoms with Gasteiger partial charge in [-0.3, -0.25) is 0 Å². The lowest BCUT2D eigenvalue weighted by atomic mass is 10.2. The lowest BCUT2D eigenvalue weighted by molar-refractivity contribution is 0.0698. The van der Waals surface area contributed by atoms with Crippen LogP contribution in [0.25, 0.3) is 0 Å². The summed E-state index contributed by atoms with van der Waals surface area (Å²) in [5.74, 6) is -1.11. The second kappa shape index (κ2) is 5.58. The van der Waals surface area contributed by atoms with E-state index in [2.05, 4.69) is 21.2 Å². The molecule has 1 fully saturated rings. The van der Waals surface area contributed by atoms with Gasteiger partial charge in [0.05, 0.1) is 17.4 Å². The summed E-state index contributed by atoms with van der Waals surface area (Å²) in [4.78, 5) is 24.5. The molecule has 1 saturated heterocycles. The second-order valence-corrected chi connectivity index (χ2v) is 5.23. The summed E-state index contributed by atoms with van der Waals surface area (Å²) in [6.07, 6.45) is 0.0362. The number of amides is 2. The van der Waals surface area contributed by atoms with Crippen LogP contribution in [0.5, 0.6) is 0 Å². The number of aliphatic hydroxyl groups excluding tert-OH is 1. The molecule has 1 aromatic carbocycles. The molecule has 2 rings (SSSR count). The van der Waals surface area contributed by atoms with E-state index in [4.69, 9.17) is 5.11 Å². The molecule has 7 heteroatoms. The van der Waals surface area contributed by atoms with Crippen molar-refractivity contribution in [2.45, 2.75) is 12.5 Å². The number of urea groups is 1. The number of carbonyl (C=O) groups is 2. The van der Waals surface area contributed by atoms with E-state index in [9.17, 15) is 14.7 Å². The topological polar surface area (TPSA) is 89.9 Å². The summed E-state index contributed by atoms with van der Waals surface area (Å²) in [5, 5.41) is 21.0. The van der Waals surface area contributed by atoms with Gasteiger partial charge in [-0.25, -0.2) is 9.59 Å².